The quantitative estimate of drug-likeness (QED) is 0.862. The van der Waals surface area contributed by atoms with Gasteiger partial charge in [0.15, 0.2) is 0 Å². The topological polar surface area (TPSA) is 45.2 Å². The van der Waals surface area contributed by atoms with Crippen LogP contribution in [0.2, 0.25) is 0 Å². The molecule has 0 radical (unpaired) electrons. The molecule has 2 aliphatic heterocycles. The van der Waals surface area contributed by atoms with Gasteiger partial charge in [-0.2, -0.15) is 13.2 Å². The summed E-state index contributed by atoms with van der Waals surface area (Å²) in [4.78, 5) is 17.7. The molecule has 3 heterocycles. The highest BCUT2D eigenvalue weighted by molar-refractivity contribution is 5.92. The third kappa shape index (κ3) is 2.74. The molecule has 3 rings (SSSR count). The van der Waals surface area contributed by atoms with Crippen molar-refractivity contribution in [3.63, 3.8) is 0 Å². The first kappa shape index (κ1) is 14.3. The summed E-state index contributed by atoms with van der Waals surface area (Å²) in [7, 11) is 0. The fourth-order valence-electron chi connectivity index (χ4n) is 3.10. The van der Waals surface area contributed by atoms with Crippen molar-refractivity contribution in [2.45, 2.75) is 19.0 Å². The number of nitrogens with one attached hydrogen (secondary N) is 1. The lowest BCUT2D eigenvalue weighted by Crippen LogP contribution is -2.33. The Morgan fingerprint density at radius 3 is 2.71 bits per heavy atom. The highest BCUT2D eigenvalue weighted by atomic mass is 19.4. The van der Waals surface area contributed by atoms with Gasteiger partial charge in [-0.1, -0.05) is 0 Å². The number of hydrogen-bond donors (Lipinski definition) is 1. The van der Waals surface area contributed by atoms with E-state index in [1.165, 1.54) is 0 Å². The van der Waals surface area contributed by atoms with E-state index in [-0.39, 0.29) is 17.0 Å². The molecule has 1 spiro atoms. The van der Waals surface area contributed by atoms with E-state index in [0.29, 0.717) is 13.1 Å². The minimum atomic E-state index is -4.43. The molecule has 114 valence electrons. The van der Waals surface area contributed by atoms with Crippen LogP contribution in [-0.2, 0) is 6.18 Å². The third-order valence-corrected chi connectivity index (χ3v) is 4.37. The maximum Gasteiger partial charge on any atom is 0.417 e. The fourth-order valence-corrected chi connectivity index (χ4v) is 3.10. The van der Waals surface area contributed by atoms with Crippen molar-refractivity contribution in [2.75, 3.05) is 26.2 Å². The predicted octanol–water partition coefficient (Wildman–Crippen LogP) is 1.93. The van der Waals surface area contributed by atoms with Gasteiger partial charge in [-0.3, -0.25) is 9.78 Å². The Bertz CT molecular complexity index is 535. The molecule has 1 unspecified atom stereocenters. The summed E-state index contributed by atoms with van der Waals surface area (Å²) < 4.78 is 37.4. The monoisotopic (exact) mass is 299 g/mol. The molecule has 1 N–H and O–H groups in total. The predicted molar refractivity (Wildman–Crippen MR) is 69.7 cm³/mol. The minimum absolute atomic E-state index is 0.0750. The number of amides is 1. The SMILES string of the molecule is O=C(c1ccc(C(F)(F)F)cn1)N1CCC2(CCNC2)C1. The van der Waals surface area contributed by atoms with Crippen LogP contribution < -0.4 is 5.32 Å². The Balaban J connectivity index is 1.71. The van der Waals surface area contributed by atoms with Crippen molar-refractivity contribution in [1.82, 2.24) is 15.2 Å². The normalized spacial score (nSPS) is 25.8. The molecule has 1 aromatic rings. The zero-order chi connectivity index (χ0) is 15.1. The number of likely N-dealkylation sites (tertiary alicyclic amines) is 1. The van der Waals surface area contributed by atoms with Gasteiger partial charge in [-0.05, 0) is 31.5 Å². The number of alkyl halides is 3. The van der Waals surface area contributed by atoms with Crippen LogP contribution in [0.1, 0.15) is 28.9 Å². The molecule has 7 heteroatoms. The standard InChI is InChI=1S/C14H16F3N3O/c15-14(16,17)10-1-2-11(19-7-10)12(21)20-6-4-13(9-20)3-5-18-8-13/h1-2,7,18H,3-6,8-9H2. The molecule has 1 atom stereocenters. The van der Waals surface area contributed by atoms with Crippen LogP contribution in [-0.4, -0.2) is 42.0 Å². The molecule has 1 amide bonds. The smallest absolute Gasteiger partial charge is 0.337 e. The van der Waals surface area contributed by atoms with Gasteiger partial charge in [0, 0.05) is 31.2 Å². The van der Waals surface area contributed by atoms with Gasteiger partial charge >= 0.3 is 6.18 Å². The summed E-state index contributed by atoms with van der Waals surface area (Å²) in [6, 6.07) is 2.06. The highest BCUT2D eigenvalue weighted by Crippen LogP contribution is 2.36. The van der Waals surface area contributed by atoms with Crippen LogP contribution in [0.4, 0.5) is 13.2 Å². The van der Waals surface area contributed by atoms with Crippen molar-refractivity contribution in [3.05, 3.63) is 29.6 Å². The van der Waals surface area contributed by atoms with E-state index in [1.807, 2.05) is 0 Å². The number of carbonyl (C=O) groups is 1. The number of carbonyl (C=O) groups excluding carboxylic acids is 1. The largest absolute Gasteiger partial charge is 0.417 e. The number of halogens is 3. The molecule has 0 bridgehead atoms. The van der Waals surface area contributed by atoms with E-state index in [9.17, 15) is 18.0 Å². The van der Waals surface area contributed by atoms with Crippen molar-refractivity contribution in [1.29, 1.82) is 0 Å². The summed E-state index contributed by atoms with van der Waals surface area (Å²) in [6.07, 6.45) is -1.73. The van der Waals surface area contributed by atoms with Gasteiger partial charge in [-0.15, -0.1) is 0 Å². The Hall–Kier alpha value is -1.63. The van der Waals surface area contributed by atoms with Gasteiger partial charge in [0.25, 0.3) is 5.91 Å². The highest BCUT2D eigenvalue weighted by Gasteiger charge is 2.42. The lowest BCUT2D eigenvalue weighted by molar-refractivity contribution is -0.137. The second-order valence-electron chi connectivity index (χ2n) is 5.83. The molecule has 0 aliphatic carbocycles. The summed E-state index contributed by atoms with van der Waals surface area (Å²) in [5, 5.41) is 3.30. The average Bonchev–Trinajstić information content (AvgIpc) is 3.08. The molecular weight excluding hydrogens is 283 g/mol. The zero-order valence-electron chi connectivity index (χ0n) is 11.4. The Morgan fingerprint density at radius 2 is 2.14 bits per heavy atom. The third-order valence-electron chi connectivity index (χ3n) is 4.37. The van der Waals surface area contributed by atoms with Crippen molar-refractivity contribution in [3.8, 4) is 0 Å². The number of pyridine rings is 1. The summed E-state index contributed by atoms with van der Waals surface area (Å²) in [6.45, 7) is 3.16. The van der Waals surface area contributed by atoms with E-state index in [4.69, 9.17) is 0 Å². The lowest BCUT2D eigenvalue weighted by Gasteiger charge is -2.22. The molecule has 0 saturated carbocycles. The Morgan fingerprint density at radius 1 is 1.33 bits per heavy atom. The molecule has 2 aliphatic rings. The van der Waals surface area contributed by atoms with Crippen LogP contribution in [0.5, 0.6) is 0 Å². The van der Waals surface area contributed by atoms with E-state index in [1.54, 1.807) is 4.90 Å². The number of nitrogens with zero attached hydrogens (tertiary/aromatic N) is 2. The van der Waals surface area contributed by atoms with Gasteiger partial charge in [0.2, 0.25) is 0 Å². The number of aromatic nitrogens is 1. The van der Waals surface area contributed by atoms with Gasteiger partial charge < -0.3 is 10.2 Å². The molecule has 21 heavy (non-hydrogen) atoms. The van der Waals surface area contributed by atoms with Gasteiger partial charge in [-0.25, -0.2) is 0 Å². The summed E-state index contributed by atoms with van der Waals surface area (Å²) in [5.41, 5.74) is -0.621. The molecule has 2 fully saturated rings. The first-order valence-corrected chi connectivity index (χ1v) is 6.93. The van der Waals surface area contributed by atoms with E-state index < -0.39 is 11.7 Å². The van der Waals surface area contributed by atoms with Crippen molar-refractivity contribution < 1.29 is 18.0 Å². The molecule has 4 nitrogen and oxygen atoms in total. The van der Waals surface area contributed by atoms with E-state index in [0.717, 1.165) is 44.3 Å². The van der Waals surface area contributed by atoms with Crippen LogP contribution in [0.3, 0.4) is 0 Å². The minimum Gasteiger partial charge on any atom is -0.337 e. The van der Waals surface area contributed by atoms with Crippen molar-refractivity contribution in [2.24, 2.45) is 5.41 Å². The molecule has 2 saturated heterocycles. The van der Waals surface area contributed by atoms with E-state index in [2.05, 4.69) is 10.3 Å². The van der Waals surface area contributed by atoms with Crippen LogP contribution >= 0.6 is 0 Å². The van der Waals surface area contributed by atoms with Crippen LogP contribution in [0, 0.1) is 5.41 Å². The second kappa shape index (κ2) is 4.98. The zero-order valence-corrected chi connectivity index (χ0v) is 11.4. The summed E-state index contributed by atoms with van der Waals surface area (Å²) >= 11 is 0. The van der Waals surface area contributed by atoms with Gasteiger partial charge in [0.05, 0.1) is 5.56 Å². The lowest BCUT2D eigenvalue weighted by atomic mass is 9.87. The first-order valence-electron chi connectivity index (χ1n) is 6.93. The molecule has 1 aromatic heterocycles. The maximum absolute atomic E-state index is 12.5. The second-order valence-corrected chi connectivity index (χ2v) is 5.83. The van der Waals surface area contributed by atoms with Crippen LogP contribution in [0.15, 0.2) is 18.3 Å². The summed E-state index contributed by atoms with van der Waals surface area (Å²) in [5.74, 6) is -0.285. The molecule has 0 aromatic carbocycles. The molecular formula is C14H16F3N3O. The Labute approximate surface area is 120 Å². The number of hydrogen-bond acceptors (Lipinski definition) is 3. The number of rotatable bonds is 1. The first-order chi connectivity index (χ1) is 9.90. The van der Waals surface area contributed by atoms with Gasteiger partial charge in [0.1, 0.15) is 5.69 Å². The van der Waals surface area contributed by atoms with E-state index >= 15 is 0 Å². The van der Waals surface area contributed by atoms with Crippen molar-refractivity contribution >= 4 is 5.91 Å². The Kier molecular flexibility index (Phi) is 3.39. The fraction of sp³-hybridized carbons (Fsp3) is 0.571. The maximum atomic E-state index is 12.5. The van der Waals surface area contributed by atoms with Crippen LogP contribution in [0.25, 0.3) is 0 Å². The average molecular weight is 299 g/mol.